The summed E-state index contributed by atoms with van der Waals surface area (Å²) in [4.78, 5) is 27.7. The van der Waals surface area contributed by atoms with Gasteiger partial charge in [0, 0.05) is 19.8 Å². The number of amides is 2. The minimum absolute atomic E-state index is 0.0163. The van der Waals surface area contributed by atoms with Crippen molar-refractivity contribution in [1.82, 2.24) is 4.90 Å². The van der Waals surface area contributed by atoms with Gasteiger partial charge in [-0.15, -0.1) is 0 Å². The molecule has 1 heterocycles. The van der Waals surface area contributed by atoms with Crippen molar-refractivity contribution in [2.45, 2.75) is 32.7 Å². The minimum Gasteiger partial charge on any atom is -0.347 e. The zero-order chi connectivity index (χ0) is 14.2. The number of benzene rings is 1. The summed E-state index contributed by atoms with van der Waals surface area (Å²) in [6.07, 6.45) is 1.02. The van der Waals surface area contributed by atoms with Crippen LogP contribution in [0.3, 0.4) is 0 Å². The van der Waals surface area contributed by atoms with Crippen molar-refractivity contribution in [1.29, 1.82) is 0 Å². The average Bonchev–Trinajstić information content (AvgIpc) is 2.67. The SMILES string of the molecule is CCC(C(=O)N(C)C)N1C(=O)Cc2ccc(C)cc21. The molecule has 0 radical (unpaired) electrons. The van der Waals surface area contributed by atoms with Crippen molar-refractivity contribution in [2.75, 3.05) is 19.0 Å². The van der Waals surface area contributed by atoms with Crippen LogP contribution in [0.2, 0.25) is 0 Å². The van der Waals surface area contributed by atoms with Gasteiger partial charge in [0.05, 0.1) is 6.42 Å². The maximum absolute atomic E-state index is 12.2. The topological polar surface area (TPSA) is 40.6 Å². The lowest BCUT2D eigenvalue weighted by atomic mass is 10.1. The molecule has 102 valence electrons. The van der Waals surface area contributed by atoms with Crippen LogP contribution >= 0.6 is 0 Å². The third-order valence-electron chi connectivity index (χ3n) is 3.53. The molecule has 0 aliphatic carbocycles. The van der Waals surface area contributed by atoms with E-state index in [9.17, 15) is 9.59 Å². The standard InChI is InChI=1S/C15H20N2O2/c1-5-12(15(19)16(3)4)17-13-8-10(2)6-7-11(13)9-14(17)18/h6-8,12H,5,9H2,1-4H3. The van der Waals surface area contributed by atoms with E-state index in [1.807, 2.05) is 32.0 Å². The lowest BCUT2D eigenvalue weighted by Crippen LogP contribution is -2.47. The smallest absolute Gasteiger partial charge is 0.245 e. The summed E-state index contributed by atoms with van der Waals surface area (Å²) in [7, 11) is 3.45. The van der Waals surface area contributed by atoms with E-state index in [-0.39, 0.29) is 11.8 Å². The van der Waals surface area contributed by atoms with Crippen LogP contribution in [0.1, 0.15) is 24.5 Å². The molecule has 0 saturated carbocycles. The van der Waals surface area contributed by atoms with Gasteiger partial charge in [-0.25, -0.2) is 0 Å². The lowest BCUT2D eigenvalue weighted by Gasteiger charge is -2.29. The summed E-state index contributed by atoms with van der Waals surface area (Å²) in [6.45, 7) is 3.93. The number of anilines is 1. The van der Waals surface area contributed by atoms with Crippen molar-refractivity contribution in [3.8, 4) is 0 Å². The molecule has 1 aromatic carbocycles. The normalized spacial score (nSPS) is 15.4. The summed E-state index contributed by atoms with van der Waals surface area (Å²) in [5, 5.41) is 0. The minimum atomic E-state index is -0.398. The van der Waals surface area contributed by atoms with E-state index < -0.39 is 6.04 Å². The highest BCUT2D eigenvalue weighted by Gasteiger charge is 2.36. The molecule has 0 spiro atoms. The Bertz CT molecular complexity index is 523. The van der Waals surface area contributed by atoms with Crippen molar-refractivity contribution in [2.24, 2.45) is 0 Å². The molecular weight excluding hydrogens is 240 g/mol. The lowest BCUT2D eigenvalue weighted by molar-refractivity contribution is -0.132. The van der Waals surface area contributed by atoms with Gasteiger partial charge in [-0.05, 0) is 30.5 Å². The number of hydrogen-bond donors (Lipinski definition) is 0. The van der Waals surface area contributed by atoms with Crippen LogP contribution in [-0.4, -0.2) is 36.9 Å². The number of aryl methyl sites for hydroxylation is 1. The zero-order valence-corrected chi connectivity index (χ0v) is 11.9. The van der Waals surface area contributed by atoms with E-state index in [2.05, 4.69) is 0 Å². The Morgan fingerprint density at radius 3 is 2.68 bits per heavy atom. The predicted molar refractivity (Wildman–Crippen MR) is 75.1 cm³/mol. The number of carbonyl (C=O) groups excluding carboxylic acids is 2. The molecule has 2 amide bonds. The molecule has 0 aromatic heterocycles. The molecule has 1 aliphatic heterocycles. The second kappa shape index (κ2) is 5.03. The molecule has 4 heteroatoms. The van der Waals surface area contributed by atoms with Gasteiger partial charge in [0.15, 0.2) is 0 Å². The Labute approximate surface area is 114 Å². The molecule has 2 rings (SSSR count). The van der Waals surface area contributed by atoms with Crippen molar-refractivity contribution in [3.05, 3.63) is 29.3 Å². The maximum Gasteiger partial charge on any atom is 0.245 e. The Morgan fingerprint density at radius 2 is 2.11 bits per heavy atom. The van der Waals surface area contributed by atoms with Crippen LogP contribution in [0, 0.1) is 6.92 Å². The first-order chi connectivity index (χ1) is 8.95. The van der Waals surface area contributed by atoms with Gasteiger partial charge in [-0.3, -0.25) is 14.5 Å². The van der Waals surface area contributed by atoms with E-state index >= 15 is 0 Å². The monoisotopic (exact) mass is 260 g/mol. The fourth-order valence-electron chi connectivity index (χ4n) is 2.54. The summed E-state index contributed by atoms with van der Waals surface area (Å²) in [6, 6.07) is 5.58. The average molecular weight is 260 g/mol. The van der Waals surface area contributed by atoms with E-state index in [0.29, 0.717) is 12.8 Å². The van der Waals surface area contributed by atoms with Gasteiger partial charge in [-0.2, -0.15) is 0 Å². The number of likely N-dealkylation sites (N-methyl/N-ethyl adjacent to an activating group) is 1. The van der Waals surface area contributed by atoms with E-state index in [0.717, 1.165) is 16.8 Å². The van der Waals surface area contributed by atoms with Gasteiger partial charge in [-0.1, -0.05) is 19.1 Å². The fraction of sp³-hybridized carbons (Fsp3) is 0.467. The molecule has 19 heavy (non-hydrogen) atoms. The number of carbonyl (C=O) groups is 2. The molecule has 0 saturated heterocycles. The molecule has 1 unspecified atom stereocenters. The summed E-state index contributed by atoms with van der Waals surface area (Å²) in [5.41, 5.74) is 3.01. The van der Waals surface area contributed by atoms with E-state index in [1.54, 1.807) is 23.9 Å². The van der Waals surface area contributed by atoms with Gasteiger partial charge < -0.3 is 4.90 Å². The van der Waals surface area contributed by atoms with Crippen LogP contribution in [0.4, 0.5) is 5.69 Å². The molecule has 1 aliphatic rings. The van der Waals surface area contributed by atoms with E-state index in [4.69, 9.17) is 0 Å². The van der Waals surface area contributed by atoms with Crippen LogP contribution in [-0.2, 0) is 16.0 Å². The van der Waals surface area contributed by atoms with Gasteiger partial charge in [0.1, 0.15) is 6.04 Å². The highest BCUT2D eigenvalue weighted by molar-refractivity contribution is 6.06. The van der Waals surface area contributed by atoms with Gasteiger partial charge in [0.2, 0.25) is 11.8 Å². The highest BCUT2D eigenvalue weighted by atomic mass is 16.2. The molecule has 1 aromatic rings. The number of fused-ring (bicyclic) bond motifs is 1. The maximum atomic E-state index is 12.2. The third kappa shape index (κ3) is 2.35. The number of rotatable bonds is 3. The summed E-state index contributed by atoms with van der Waals surface area (Å²) in [5.74, 6) is -0.00661. The first-order valence-corrected chi connectivity index (χ1v) is 6.58. The Hall–Kier alpha value is -1.84. The zero-order valence-electron chi connectivity index (χ0n) is 11.9. The molecule has 0 bridgehead atoms. The Kier molecular flexibility index (Phi) is 3.60. The van der Waals surface area contributed by atoms with Crippen molar-refractivity contribution in [3.63, 3.8) is 0 Å². The van der Waals surface area contributed by atoms with Crippen LogP contribution in [0.15, 0.2) is 18.2 Å². The fourth-order valence-corrected chi connectivity index (χ4v) is 2.54. The summed E-state index contributed by atoms with van der Waals surface area (Å²) < 4.78 is 0. The van der Waals surface area contributed by atoms with E-state index in [1.165, 1.54) is 0 Å². The summed E-state index contributed by atoms with van der Waals surface area (Å²) >= 11 is 0. The molecule has 0 fully saturated rings. The van der Waals surface area contributed by atoms with Crippen molar-refractivity contribution < 1.29 is 9.59 Å². The third-order valence-corrected chi connectivity index (χ3v) is 3.53. The first-order valence-electron chi connectivity index (χ1n) is 6.58. The van der Waals surface area contributed by atoms with Crippen LogP contribution in [0.25, 0.3) is 0 Å². The Morgan fingerprint density at radius 1 is 1.42 bits per heavy atom. The predicted octanol–water partition coefficient (Wildman–Crippen LogP) is 1.75. The molecular formula is C15H20N2O2. The van der Waals surface area contributed by atoms with Crippen molar-refractivity contribution >= 4 is 17.5 Å². The second-order valence-electron chi connectivity index (χ2n) is 5.23. The van der Waals surface area contributed by atoms with Crippen LogP contribution in [0.5, 0.6) is 0 Å². The molecule has 0 N–H and O–H groups in total. The number of nitrogens with zero attached hydrogens (tertiary/aromatic N) is 2. The largest absolute Gasteiger partial charge is 0.347 e. The second-order valence-corrected chi connectivity index (χ2v) is 5.23. The molecule has 1 atom stereocenters. The van der Waals surface area contributed by atoms with Gasteiger partial charge >= 0.3 is 0 Å². The number of hydrogen-bond acceptors (Lipinski definition) is 2. The Balaban J connectivity index is 2.42. The van der Waals surface area contributed by atoms with Gasteiger partial charge in [0.25, 0.3) is 0 Å². The highest BCUT2D eigenvalue weighted by Crippen LogP contribution is 2.32. The van der Waals surface area contributed by atoms with Crippen LogP contribution < -0.4 is 4.90 Å². The quantitative estimate of drug-likeness (QED) is 0.830. The first kappa shape index (κ1) is 13.6. The molecule has 4 nitrogen and oxygen atoms in total.